The van der Waals surface area contributed by atoms with E-state index in [1.54, 1.807) is 0 Å². The number of carbonyl (C=O) groups excluding carboxylic acids is 1. The van der Waals surface area contributed by atoms with Crippen LogP contribution in [0.5, 0.6) is 0 Å². The van der Waals surface area contributed by atoms with E-state index in [0.29, 0.717) is 0 Å². The lowest BCUT2D eigenvalue weighted by Crippen LogP contribution is -2.68. The summed E-state index contributed by atoms with van der Waals surface area (Å²) in [5, 5.41) is 52.0. The van der Waals surface area contributed by atoms with Gasteiger partial charge in [0.25, 0.3) is 0 Å². The Morgan fingerprint density at radius 1 is 1.07 bits per heavy atom. The second-order valence-corrected chi connectivity index (χ2v) is 6.82. The quantitative estimate of drug-likeness (QED) is 0.256. The fourth-order valence-corrected chi connectivity index (χ4v) is 3.40. The number of aliphatic carboxylic acids is 1. The van der Waals surface area contributed by atoms with Crippen LogP contribution in [0.1, 0.15) is 13.8 Å². The van der Waals surface area contributed by atoms with Crippen molar-refractivity contribution in [3.63, 3.8) is 0 Å². The minimum absolute atomic E-state index is 0.511. The van der Waals surface area contributed by atoms with Crippen LogP contribution < -0.4 is 5.32 Å². The molecule has 2 aliphatic heterocycles. The number of aliphatic hydroxyl groups is 4. The van der Waals surface area contributed by atoms with Crippen molar-refractivity contribution in [2.75, 3.05) is 13.7 Å². The summed E-state index contributed by atoms with van der Waals surface area (Å²) in [7, 11) is 1.27. The number of aliphatic hydroxyl groups excluding tert-OH is 4. The fraction of sp³-hybridized carbons (Fsp3) is 0.875. The molecule has 2 aliphatic rings. The standard InChI is InChI=1S/C16H27NO11/c1-5-9(20)11(22)13(14(26-5)15(23)24)28-16-8(17-6(2)19)12(25-3)10(21)7(4-18)27-16/h5,7-14,16,18,20-22H,4H2,1-3H3,(H,17,19)(H,23,24)/t5-,7?,8?,9?,10+,11+,12+,13-,14?,16-/m0/s1. The van der Waals surface area contributed by atoms with Gasteiger partial charge in [0.05, 0.1) is 12.7 Å². The van der Waals surface area contributed by atoms with Gasteiger partial charge >= 0.3 is 5.97 Å². The maximum atomic E-state index is 11.6. The molecule has 0 spiro atoms. The average molecular weight is 409 g/mol. The molecule has 0 saturated carbocycles. The van der Waals surface area contributed by atoms with Crippen LogP contribution in [0.15, 0.2) is 0 Å². The van der Waals surface area contributed by atoms with Gasteiger partial charge in [0.1, 0.15) is 42.7 Å². The Morgan fingerprint density at radius 3 is 2.21 bits per heavy atom. The molecule has 2 rings (SSSR count). The molecule has 6 N–H and O–H groups in total. The highest BCUT2D eigenvalue weighted by Crippen LogP contribution is 2.30. The highest BCUT2D eigenvalue weighted by Gasteiger charge is 2.52. The van der Waals surface area contributed by atoms with Gasteiger partial charge in [-0.25, -0.2) is 4.79 Å². The molecule has 0 aromatic rings. The summed E-state index contributed by atoms with van der Waals surface area (Å²) >= 11 is 0. The number of hydrogen-bond donors (Lipinski definition) is 6. The maximum Gasteiger partial charge on any atom is 0.335 e. The molecule has 0 aromatic carbocycles. The van der Waals surface area contributed by atoms with Crippen molar-refractivity contribution in [3.8, 4) is 0 Å². The van der Waals surface area contributed by atoms with Gasteiger partial charge in [0.2, 0.25) is 5.91 Å². The van der Waals surface area contributed by atoms with E-state index in [-0.39, 0.29) is 0 Å². The molecule has 0 bridgehead atoms. The molecule has 2 heterocycles. The Balaban J connectivity index is 2.31. The number of carboxylic acid groups (broad SMARTS) is 1. The molecule has 28 heavy (non-hydrogen) atoms. The number of amides is 1. The number of hydrogen-bond acceptors (Lipinski definition) is 10. The van der Waals surface area contributed by atoms with Gasteiger partial charge in [0.15, 0.2) is 12.4 Å². The van der Waals surface area contributed by atoms with E-state index in [1.165, 1.54) is 21.0 Å². The third-order valence-electron chi connectivity index (χ3n) is 4.86. The lowest BCUT2D eigenvalue weighted by atomic mass is 9.94. The van der Waals surface area contributed by atoms with Crippen molar-refractivity contribution < 1.29 is 54.1 Å². The van der Waals surface area contributed by atoms with Crippen molar-refractivity contribution in [3.05, 3.63) is 0 Å². The number of nitrogens with one attached hydrogen (secondary N) is 1. The Bertz CT molecular complexity index is 561. The zero-order valence-corrected chi connectivity index (χ0v) is 15.7. The predicted molar refractivity (Wildman–Crippen MR) is 89.0 cm³/mol. The summed E-state index contributed by atoms with van der Waals surface area (Å²) in [6.45, 7) is 1.99. The molecular formula is C16H27NO11. The molecule has 10 atom stereocenters. The van der Waals surface area contributed by atoms with Crippen LogP contribution in [0.3, 0.4) is 0 Å². The van der Waals surface area contributed by atoms with Crippen LogP contribution in [-0.4, -0.2) is 112 Å². The highest BCUT2D eigenvalue weighted by atomic mass is 16.7. The van der Waals surface area contributed by atoms with E-state index >= 15 is 0 Å². The van der Waals surface area contributed by atoms with E-state index in [4.69, 9.17) is 18.9 Å². The summed E-state index contributed by atoms with van der Waals surface area (Å²) in [6, 6.07) is -1.10. The van der Waals surface area contributed by atoms with Crippen LogP contribution in [0, 0.1) is 0 Å². The molecule has 2 fully saturated rings. The van der Waals surface area contributed by atoms with E-state index in [9.17, 15) is 35.1 Å². The van der Waals surface area contributed by atoms with E-state index in [0.717, 1.165) is 0 Å². The lowest BCUT2D eigenvalue weighted by molar-refractivity contribution is -0.319. The van der Waals surface area contributed by atoms with E-state index in [2.05, 4.69) is 5.32 Å². The summed E-state index contributed by atoms with van der Waals surface area (Å²) in [6.07, 6.45) is -12.2. The van der Waals surface area contributed by atoms with Crippen LogP contribution in [0.25, 0.3) is 0 Å². The van der Waals surface area contributed by atoms with Gasteiger partial charge in [-0.05, 0) is 6.92 Å². The Labute approximate surface area is 160 Å². The number of rotatable bonds is 6. The molecule has 162 valence electrons. The van der Waals surface area contributed by atoms with Crippen molar-refractivity contribution in [2.45, 2.75) is 75.0 Å². The first-order chi connectivity index (χ1) is 13.1. The molecule has 0 aromatic heterocycles. The van der Waals surface area contributed by atoms with Gasteiger partial charge in [0, 0.05) is 14.0 Å². The summed E-state index contributed by atoms with van der Waals surface area (Å²) < 4.78 is 21.5. The van der Waals surface area contributed by atoms with E-state index < -0.39 is 79.6 Å². The van der Waals surface area contributed by atoms with Crippen LogP contribution in [0.2, 0.25) is 0 Å². The number of methoxy groups -OCH3 is 1. The normalized spacial score (nSPS) is 44.1. The average Bonchev–Trinajstić information content (AvgIpc) is 2.63. The first-order valence-corrected chi connectivity index (χ1v) is 8.76. The minimum atomic E-state index is -1.63. The topological polar surface area (TPSA) is 184 Å². The maximum absolute atomic E-state index is 11.6. The molecule has 12 nitrogen and oxygen atoms in total. The molecule has 2 saturated heterocycles. The van der Waals surface area contributed by atoms with Gasteiger partial charge in [-0.3, -0.25) is 4.79 Å². The van der Waals surface area contributed by atoms with Gasteiger partial charge < -0.3 is 49.8 Å². The van der Waals surface area contributed by atoms with Gasteiger partial charge in [-0.2, -0.15) is 0 Å². The van der Waals surface area contributed by atoms with Crippen LogP contribution in [0.4, 0.5) is 0 Å². The number of carbonyl (C=O) groups is 2. The third kappa shape index (κ3) is 4.60. The van der Waals surface area contributed by atoms with E-state index in [1.807, 2.05) is 0 Å². The molecular weight excluding hydrogens is 382 g/mol. The van der Waals surface area contributed by atoms with Gasteiger partial charge in [-0.1, -0.05) is 0 Å². The lowest BCUT2D eigenvalue weighted by Gasteiger charge is -2.47. The van der Waals surface area contributed by atoms with Gasteiger partial charge in [-0.15, -0.1) is 0 Å². The first kappa shape index (κ1) is 22.9. The fourth-order valence-electron chi connectivity index (χ4n) is 3.40. The van der Waals surface area contributed by atoms with Crippen molar-refractivity contribution >= 4 is 11.9 Å². The second-order valence-electron chi connectivity index (χ2n) is 6.82. The zero-order chi connectivity index (χ0) is 21.2. The Kier molecular flexibility index (Phi) is 7.70. The van der Waals surface area contributed by atoms with Crippen molar-refractivity contribution in [2.24, 2.45) is 0 Å². The summed E-state index contributed by atoms with van der Waals surface area (Å²) in [5.74, 6) is -1.94. The largest absolute Gasteiger partial charge is 0.479 e. The molecule has 12 heteroatoms. The Hall–Kier alpha value is -1.38. The summed E-state index contributed by atoms with van der Waals surface area (Å²) in [4.78, 5) is 23.1. The molecule has 1 amide bonds. The number of ether oxygens (including phenoxy) is 4. The smallest absolute Gasteiger partial charge is 0.335 e. The van der Waals surface area contributed by atoms with Crippen LogP contribution >= 0.6 is 0 Å². The third-order valence-corrected chi connectivity index (χ3v) is 4.86. The number of carboxylic acids is 1. The van der Waals surface area contributed by atoms with Crippen LogP contribution in [-0.2, 0) is 28.5 Å². The van der Waals surface area contributed by atoms with Crippen molar-refractivity contribution in [1.29, 1.82) is 0 Å². The Morgan fingerprint density at radius 2 is 1.71 bits per heavy atom. The predicted octanol–water partition coefficient (Wildman–Crippen LogP) is -3.44. The second kappa shape index (κ2) is 9.41. The summed E-state index contributed by atoms with van der Waals surface area (Å²) in [5.41, 5.74) is 0. The molecule has 0 aliphatic carbocycles. The monoisotopic (exact) mass is 409 g/mol. The SMILES string of the molecule is CO[C@@H]1C(NC(C)=O)[C@H](O[C@@H]2C(C(=O)O)O[C@@H](C)C(O)[C@H]2O)OC(CO)[C@H]1O. The zero-order valence-electron chi connectivity index (χ0n) is 15.7. The van der Waals surface area contributed by atoms with Crippen molar-refractivity contribution in [1.82, 2.24) is 5.32 Å². The molecule has 4 unspecified atom stereocenters. The highest BCUT2D eigenvalue weighted by molar-refractivity contribution is 5.74. The molecule has 0 radical (unpaired) electrons. The first-order valence-electron chi connectivity index (χ1n) is 8.76. The minimum Gasteiger partial charge on any atom is -0.479 e.